The molecule has 2 aromatic heterocycles. The largest absolute Gasteiger partial charge is 0.497 e. The summed E-state index contributed by atoms with van der Waals surface area (Å²) in [5.41, 5.74) is 8.34. The molecule has 4 rings (SSSR count). The number of ether oxygens (including phenoxy) is 1. The van der Waals surface area contributed by atoms with Gasteiger partial charge >= 0.3 is 0 Å². The molecule has 0 fully saturated rings. The SMILES string of the molecule is COc1ccc(-c2noc(-c3c(SC)nn(CC(=O)Nc4cccc(SC)c4)c3N)n2)cc1. The molecular weight excluding hydrogens is 460 g/mol. The molecule has 0 aliphatic heterocycles. The van der Waals surface area contributed by atoms with Gasteiger partial charge in [-0.05, 0) is 55.0 Å². The third-order valence-electron chi connectivity index (χ3n) is 4.79. The van der Waals surface area contributed by atoms with Gasteiger partial charge in [-0.25, -0.2) is 4.68 Å². The maximum atomic E-state index is 12.6. The van der Waals surface area contributed by atoms with Gasteiger partial charge in [0.15, 0.2) is 0 Å². The second-order valence-electron chi connectivity index (χ2n) is 6.86. The number of methoxy groups -OCH3 is 1. The maximum absolute atomic E-state index is 12.6. The molecule has 2 aromatic carbocycles. The summed E-state index contributed by atoms with van der Waals surface area (Å²) < 4.78 is 12.1. The average molecular weight is 483 g/mol. The lowest BCUT2D eigenvalue weighted by molar-refractivity contribution is -0.116. The first-order chi connectivity index (χ1) is 16.0. The zero-order valence-electron chi connectivity index (χ0n) is 18.2. The first-order valence-electron chi connectivity index (χ1n) is 9.85. The van der Waals surface area contributed by atoms with E-state index < -0.39 is 0 Å². The van der Waals surface area contributed by atoms with E-state index in [0.29, 0.717) is 22.1 Å². The van der Waals surface area contributed by atoms with Crippen molar-refractivity contribution in [2.75, 3.05) is 30.7 Å². The van der Waals surface area contributed by atoms with Gasteiger partial charge in [0, 0.05) is 16.1 Å². The number of aromatic nitrogens is 4. The van der Waals surface area contributed by atoms with Crippen LogP contribution in [0.1, 0.15) is 0 Å². The van der Waals surface area contributed by atoms with Crippen LogP contribution in [0.2, 0.25) is 0 Å². The fraction of sp³-hybridized carbons (Fsp3) is 0.182. The second kappa shape index (κ2) is 10.0. The minimum Gasteiger partial charge on any atom is -0.497 e. The highest BCUT2D eigenvalue weighted by molar-refractivity contribution is 7.98. The van der Waals surface area contributed by atoms with E-state index in [1.807, 2.05) is 61.0 Å². The third-order valence-corrected chi connectivity index (χ3v) is 6.19. The Labute approximate surface area is 199 Å². The Bertz CT molecular complexity index is 1270. The average Bonchev–Trinajstić information content (AvgIpc) is 3.43. The number of nitrogens with two attached hydrogens (primary N) is 1. The first kappa shape index (κ1) is 22.7. The predicted molar refractivity (Wildman–Crippen MR) is 131 cm³/mol. The van der Waals surface area contributed by atoms with Crippen molar-refractivity contribution < 1.29 is 14.1 Å². The molecule has 0 aliphatic rings. The van der Waals surface area contributed by atoms with Crippen molar-refractivity contribution in [2.24, 2.45) is 0 Å². The van der Waals surface area contributed by atoms with Crippen LogP contribution in [0, 0.1) is 0 Å². The molecule has 9 nitrogen and oxygen atoms in total. The van der Waals surface area contributed by atoms with E-state index in [1.54, 1.807) is 18.9 Å². The molecule has 0 saturated carbocycles. The maximum Gasteiger partial charge on any atom is 0.264 e. The zero-order chi connectivity index (χ0) is 23.4. The van der Waals surface area contributed by atoms with Gasteiger partial charge in [-0.3, -0.25) is 4.79 Å². The van der Waals surface area contributed by atoms with Gasteiger partial charge in [0.2, 0.25) is 11.7 Å². The van der Waals surface area contributed by atoms with Crippen molar-refractivity contribution in [2.45, 2.75) is 16.5 Å². The number of nitrogen functional groups attached to an aromatic ring is 1. The summed E-state index contributed by atoms with van der Waals surface area (Å²) in [4.78, 5) is 18.2. The predicted octanol–water partition coefficient (Wildman–Crippen LogP) is 4.27. The van der Waals surface area contributed by atoms with Crippen molar-refractivity contribution in [1.29, 1.82) is 0 Å². The Hall–Kier alpha value is -3.44. The molecule has 2 heterocycles. The van der Waals surface area contributed by atoms with Crippen molar-refractivity contribution in [1.82, 2.24) is 19.9 Å². The highest BCUT2D eigenvalue weighted by Gasteiger charge is 2.24. The van der Waals surface area contributed by atoms with Crippen molar-refractivity contribution in [3.05, 3.63) is 48.5 Å². The van der Waals surface area contributed by atoms with Crippen LogP contribution in [0.3, 0.4) is 0 Å². The number of hydrogen-bond acceptors (Lipinski definition) is 9. The molecular formula is C22H22N6O3S2. The smallest absolute Gasteiger partial charge is 0.264 e. The minimum atomic E-state index is -0.244. The quantitative estimate of drug-likeness (QED) is 0.355. The van der Waals surface area contributed by atoms with Crippen LogP contribution in [0.4, 0.5) is 11.5 Å². The van der Waals surface area contributed by atoms with Crippen molar-refractivity contribution in [3.8, 4) is 28.6 Å². The number of carbonyl (C=O) groups excluding carboxylic acids is 1. The van der Waals surface area contributed by atoms with E-state index in [-0.39, 0.29) is 24.2 Å². The number of hydrogen-bond donors (Lipinski definition) is 2. The van der Waals surface area contributed by atoms with E-state index in [2.05, 4.69) is 20.6 Å². The molecule has 3 N–H and O–H groups in total. The summed E-state index contributed by atoms with van der Waals surface area (Å²) in [5, 5.41) is 12.0. The molecule has 0 unspecified atom stereocenters. The fourth-order valence-corrected chi connectivity index (χ4v) is 4.17. The number of anilines is 2. The standard InChI is InChI=1S/C22H22N6O3S2/c1-30-15-9-7-13(8-10-15)20-25-21(31-27-20)18-19(23)28(26-22(18)33-3)12-17(29)24-14-5-4-6-16(11-14)32-2/h4-11H,12,23H2,1-3H3,(H,24,29). The normalized spacial score (nSPS) is 10.9. The van der Waals surface area contributed by atoms with Crippen LogP contribution in [-0.2, 0) is 11.3 Å². The van der Waals surface area contributed by atoms with E-state index in [4.69, 9.17) is 15.0 Å². The summed E-state index contributed by atoms with van der Waals surface area (Å²) in [6.07, 6.45) is 3.85. The van der Waals surface area contributed by atoms with Gasteiger partial charge in [-0.2, -0.15) is 10.1 Å². The van der Waals surface area contributed by atoms with Crippen LogP contribution < -0.4 is 15.8 Å². The van der Waals surface area contributed by atoms with E-state index in [9.17, 15) is 4.79 Å². The molecule has 170 valence electrons. The Morgan fingerprint density at radius 3 is 2.67 bits per heavy atom. The molecule has 0 bridgehead atoms. The molecule has 0 saturated heterocycles. The van der Waals surface area contributed by atoms with Gasteiger partial charge in [0.1, 0.15) is 28.7 Å². The number of nitrogens with zero attached hydrogens (tertiary/aromatic N) is 4. The highest BCUT2D eigenvalue weighted by Crippen LogP contribution is 2.35. The van der Waals surface area contributed by atoms with E-state index >= 15 is 0 Å². The Balaban J connectivity index is 1.56. The van der Waals surface area contributed by atoms with Gasteiger partial charge in [0.05, 0.1) is 7.11 Å². The van der Waals surface area contributed by atoms with Gasteiger partial charge < -0.3 is 20.3 Å². The lowest BCUT2D eigenvalue weighted by Gasteiger charge is -2.07. The number of nitrogens with one attached hydrogen (secondary N) is 1. The topological polar surface area (TPSA) is 121 Å². The van der Waals surface area contributed by atoms with E-state index in [1.165, 1.54) is 16.4 Å². The molecule has 0 atom stereocenters. The number of benzene rings is 2. The molecule has 11 heteroatoms. The molecule has 0 aliphatic carbocycles. The Morgan fingerprint density at radius 1 is 1.18 bits per heavy atom. The molecule has 0 spiro atoms. The molecule has 4 aromatic rings. The summed E-state index contributed by atoms with van der Waals surface area (Å²) in [7, 11) is 1.60. The van der Waals surface area contributed by atoms with Crippen molar-refractivity contribution in [3.63, 3.8) is 0 Å². The van der Waals surface area contributed by atoms with Crippen molar-refractivity contribution >= 4 is 40.9 Å². The number of amides is 1. The van der Waals surface area contributed by atoms with Crippen LogP contribution in [-0.4, -0.2) is 45.4 Å². The molecule has 33 heavy (non-hydrogen) atoms. The first-order valence-corrected chi connectivity index (χ1v) is 12.3. The summed E-state index contributed by atoms with van der Waals surface area (Å²) in [5.74, 6) is 1.42. The molecule has 1 amide bonds. The summed E-state index contributed by atoms with van der Waals surface area (Å²) in [6, 6.07) is 14.9. The minimum absolute atomic E-state index is 0.0532. The summed E-state index contributed by atoms with van der Waals surface area (Å²) >= 11 is 2.98. The number of rotatable bonds is 8. The van der Waals surface area contributed by atoms with Crippen LogP contribution in [0.15, 0.2) is 63.0 Å². The van der Waals surface area contributed by atoms with Crippen LogP contribution in [0.25, 0.3) is 22.8 Å². The Kier molecular flexibility index (Phi) is 6.90. The lowest BCUT2D eigenvalue weighted by Crippen LogP contribution is -2.20. The highest BCUT2D eigenvalue weighted by atomic mass is 32.2. The summed E-state index contributed by atoms with van der Waals surface area (Å²) in [6.45, 7) is -0.0532. The van der Waals surface area contributed by atoms with Crippen LogP contribution >= 0.6 is 23.5 Å². The second-order valence-corrected chi connectivity index (χ2v) is 8.53. The fourth-order valence-electron chi connectivity index (χ4n) is 3.14. The third kappa shape index (κ3) is 4.99. The molecule has 0 radical (unpaired) electrons. The zero-order valence-corrected chi connectivity index (χ0v) is 19.9. The monoisotopic (exact) mass is 482 g/mol. The number of thioether (sulfide) groups is 2. The van der Waals surface area contributed by atoms with Gasteiger partial charge in [0.25, 0.3) is 5.89 Å². The van der Waals surface area contributed by atoms with Crippen LogP contribution in [0.5, 0.6) is 5.75 Å². The van der Waals surface area contributed by atoms with E-state index in [0.717, 1.165) is 16.2 Å². The Morgan fingerprint density at radius 2 is 1.97 bits per heavy atom. The van der Waals surface area contributed by atoms with Gasteiger partial charge in [-0.1, -0.05) is 11.2 Å². The number of carbonyl (C=O) groups is 1. The lowest BCUT2D eigenvalue weighted by atomic mass is 10.2. The van der Waals surface area contributed by atoms with Gasteiger partial charge in [-0.15, -0.1) is 23.5 Å².